The largest absolute Gasteiger partial charge is 0.254 e. The van der Waals surface area contributed by atoms with Crippen LogP contribution in [-0.2, 0) is 6.42 Å². The Morgan fingerprint density at radius 1 is 1.47 bits per heavy atom. The molecule has 0 saturated heterocycles. The molecule has 92 valence electrons. The Balaban J connectivity index is 1.98. The lowest BCUT2D eigenvalue weighted by Crippen LogP contribution is -1.97. The standard InChI is InChI=1S/C14H19BrNP/c1-3-10-4-6-12(7-5-10)16-13(17)8-11-9-14(11,2)15/h4-7,11H,3,8-9,17H2,1-2H3. The van der Waals surface area contributed by atoms with Gasteiger partial charge in [-0.2, -0.15) is 0 Å². The summed E-state index contributed by atoms with van der Waals surface area (Å²) in [7, 11) is 2.77. The Hall–Kier alpha value is -0.200. The maximum atomic E-state index is 4.64. The van der Waals surface area contributed by atoms with Crippen LogP contribution < -0.4 is 0 Å². The summed E-state index contributed by atoms with van der Waals surface area (Å²) in [5.74, 6) is 0.744. The number of hydrogen-bond donors (Lipinski definition) is 0. The molecule has 1 fully saturated rings. The van der Waals surface area contributed by atoms with E-state index in [0.29, 0.717) is 4.32 Å². The highest BCUT2D eigenvalue weighted by Gasteiger charge is 2.47. The van der Waals surface area contributed by atoms with E-state index in [-0.39, 0.29) is 0 Å². The van der Waals surface area contributed by atoms with Gasteiger partial charge in [0, 0.05) is 9.78 Å². The molecule has 0 radical (unpaired) electrons. The molecule has 0 amide bonds. The first-order chi connectivity index (χ1) is 8.01. The van der Waals surface area contributed by atoms with Crippen molar-refractivity contribution in [3.63, 3.8) is 0 Å². The van der Waals surface area contributed by atoms with E-state index >= 15 is 0 Å². The maximum Gasteiger partial charge on any atom is 0.0633 e. The van der Waals surface area contributed by atoms with E-state index in [1.165, 1.54) is 12.0 Å². The quantitative estimate of drug-likeness (QED) is 0.433. The van der Waals surface area contributed by atoms with Crippen molar-refractivity contribution in [1.29, 1.82) is 0 Å². The van der Waals surface area contributed by atoms with Gasteiger partial charge < -0.3 is 0 Å². The molecule has 3 heteroatoms. The van der Waals surface area contributed by atoms with Gasteiger partial charge in [-0.1, -0.05) is 44.2 Å². The summed E-state index contributed by atoms with van der Waals surface area (Å²) < 4.78 is 0.358. The third-order valence-corrected chi connectivity index (χ3v) is 4.75. The predicted octanol–water partition coefficient (Wildman–Crippen LogP) is 4.72. The first-order valence-corrected chi connectivity index (χ1v) is 7.49. The van der Waals surface area contributed by atoms with Gasteiger partial charge >= 0.3 is 0 Å². The summed E-state index contributed by atoms with van der Waals surface area (Å²) in [4.78, 5) is 4.64. The molecule has 0 aromatic heterocycles. The molecule has 0 N–H and O–H groups in total. The van der Waals surface area contributed by atoms with Crippen LogP contribution in [0.1, 0.15) is 32.3 Å². The fraction of sp³-hybridized carbons (Fsp3) is 0.500. The minimum absolute atomic E-state index is 0.358. The van der Waals surface area contributed by atoms with Crippen LogP contribution in [0.5, 0.6) is 0 Å². The van der Waals surface area contributed by atoms with Gasteiger partial charge in [0.1, 0.15) is 0 Å². The molecule has 17 heavy (non-hydrogen) atoms. The van der Waals surface area contributed by atoms with Gasteiger partial charge in [0.2, 0.25) is 0 Å². The second-order valence-corrected chi connectivity index (χ2v) is 7.48. The van der Waals surface area contributed by atoms with Crippen molar-refractivity contribution in [3.8, 4) is 0 Å². The number of aliphatic imine (C=N–C) groups is 1. The van der Waals surface area contributed by atoms with Crippen molar-refractivity contribution >= 4 is 36.3 Å². The fourth-order valence-electron chi connectivity index (χ4n) is 1.98. The lowest BCUT2D eigenvalue weighted by atomic mass is 10.1. The second kappa shape index (κ2) is 5.20. The number of halogens is 1. The van der Waals surface area contributed by atoms with Gasteiger partial charge in [-0.05, 0) is 49.8 Å². The maximum absolute atomic E-state index is 4.64. The van der Waals surface area contributed by atoms with Gasteiger partial charge in [0.05, 0.1) is 5.69 Å². The van der Waals surface area contributed by atoms with Crippen molar-refractivity contribution in [3.05, 3.63) is 29.8 Å². The van der Waals surface area contributed by atoms with Crippen LogP contribution in [0.25, 0.3) is 0 Å². The third kappa shape index (κ3) is 3.63. The molecule has 0 heterocycles. The summed E-state index contributed by atoms with van der Waals surface area (Å²) in [5.41, 5.74) is 3.58. The minimum atomic E-state index is 0.358. The number of aryl methyl sites for hydroxylation is 1. The molecule has 1 aromatic carbocycles. The molecular weight excluding hydrogens is 293 g/mol. The Kier molecular flexibility index (Phi) is 4.05. The summed E-state index contributed by atoms with van der Waals surface area (Å²) in [6.45, 7) is 4.43. The van der Waals surface area contributed by atoms with Crippen molar-refractivity contribution in [2.24, 2.45) is 10.9 Å². The number of rotatable bonds is 4. The van der Waals surface area contributed by atoms with Gasteiger partial charge in [-0.25, -0.2) is 0 Å². The van der Waals surface area contributed by atoms with Crippen LogP contribution in [0.3, 0.4) is 0 Å². The van der Waals surface area contributed by atoms with Gasteiger partial charge in [0.25, 0.3) is 0 Å². The molecule has 1 saturated carbocycles. The Bertz CT molecular complexity index is 422. The molecule has 2 rings (SSSR count). The normalized spacial score (nSPS) is 28.2. The van der Waals surface area contributed by atoms with Crippen LogP contribution in [0, 0.1) is 5.92 Å². The number of benzene rings is 1. The molecule has 0 bridgehead atoms. The molecule has 3 unspecified atom stereocenters. The minimum Gasteiger partial charge on any atom is -0.254 e. The zero-order valence-corrected chi connectivity index (χ0v) is 13.2. The summed E-state index contributed by atoms with van der Waals surface area (Å²) in [5, 5.41) is 0. The first kappa shape index (κ1) is 13.2. The molecular formula is C14H19BrNP. The second-order valence-electron chi connectivity index (χ2n) is 5.01. The molecule has 1 nitrogen and oxygen atoms in total. The first-order valence-electron chi connectivity index (χ1n) is 6.12. The zero-order chi connectivity index (χ0) is 12.5. The van der Waals surface area contributed by atoms with Gasteiger partial charge in [0.15, 0.2) is 0 Å². The van der Waals surface area contributed by atoms with Crippen LogP contribution >= 0.6 is 25.2 Å². The average molecular weight is 312 g/mol. The Labute approximate surface area is 114 Å². The van der Waals surface area contributed by atoms with E-state index in [4.69, 9.17) is 0 Å². The van der Waals surface area contributed by atoms with Crippen LogP contribution in [-0.4, -0.2) is 9.78 Å². The topological polar surface area (TPSA) is 12.4 Å². The number of hydrogen-bond acceptors (Lipinski definition) is 1. The molecule has 1 aromatic rings. The lowest BCUT2D eigenvalue weighted by molar-refractivity contribution is 0.835. The predicted molar refractivity (Wildman–Crippen MR) is 82.7 cm³/mol. The van der Waals surface area contributed by atoms with E-state index < -0.39 is 0 Å². The average Bonchev–Trinajstić information content (AvgIpc) is 2.86. The smallest absolute Gasteiger partial charge is 0.0633 e. The molecule has 3 atom stereocenters. The van der Waals surface area contributed by atoms with E-state index in [9.17, 15) is 0 Å². The number of nitrogens with zero attached hydrogens (tertiary/aromatic N) is 1. The highest BCUT2D eigenvalue weighted by atomic mass is 79.9. The zero-order valence-electron chi connectivity index (χ0n) is 10.4. The van der Waals surface area contributed by atoms with Crippen molar-refractivity contribution < 1.29 is 0 Å². The third-order valence-electron chi connectivity index (χ3n) is 3.41. The Morgan fingerprint density at radius 2 is 2.06 bits per heavy atom. The van der Waals surface area contributed by atoms with Crippen molar-refractivity contribution in [1.82, 2.24) is 0 Å². The van der Waals surface area contributed by atoms with Crippen LogP contribution in [0.15, 0.2) is 29.3 Å². The van der Waals surface area contributed by atoms with Crippen LogP contribution in [0.2, 0.25) is 0 Å². The van der Waals surface area contributed by atoms with E-state index in [0.717, 1.165) is 29.9 Å². The van der Waals surface area contributed by atoms with E-state index in [1.54, 1.807) is 0 Å². The van der Waals surface area contributed by atoms with Gasteiger partial charge in [-0.3, -0.25) is 4.99 Å². The molecule has 0 spiro atoms. The van der Waals surface area contributed by atoms with E-state index in [1.807, 2.05) is 0 Å². The Morgan fingerprint density at radius 3 is 2.53 bits per heavy atom. The molecule has 1 aliphatic rings. The summed E-state index contributed by atoms with van der Waals surface area (Å²) >= 11 is 3.72. The molecule has 1 aliphatic carbocycles. The highest BCUT2D eigenvalue weighted by Crippen LogP contribution is 2.53. The lowest BCUT2D eigenvalue weighted by Gasteiger charge is -2.03. The summed E-state index contributed by atoms with van der Waals surface area (Å²) in [6, 6.07) is 8.51. The van der Waals surface area contributed by atoms with E-state index in [2.05, 4.69) is 68.3 Å². The van der Waals surface area contributed by atoms with Gasteiger partial charge in [-0.15, -0.1) is 0 Å². The van der Waals surface area contributed by atoms with Crippen LogP contribution in [0.4, 0.5) is 5.69 Å². The highest BCUT2D eigenvalue weighted by molar-refractivity contribution is 9.10. The fourth-order valence-corrected chi connectivity index (χ4v) is 2.96. The SMILES string of the molecule is CCc1ccc(N=C(P)CC2CC2(C)Br)cc1. The molecule has 0 aliphatic heterocycles. The van der Waals surface area contributed by atoms with Crippen molar-refractivity contribution in [2.45, 2.75) is 37.4 Å². The van der Waals surface area contributed by atoms with Crippen molar-refractivity contribution in [2.75, 3.05) is 0 Å². The number of alkyl halides is 1. The summed E-state index contributed by atoms with van der Waals surface area (Å²) in [6.07, 6.45) is 3.42. The monoisotopic (exact) mass is 311 g/mol.